The van der Waals surface area contributed by atoms with Crippen LogP contribution in [0, 0.1) is 0 Å². The second-order valence-corrected chi connectivity index (χ2v) is 5.71. The van der Waals surface area contributed by atoms with Crippen LogP contribution in [0.25, 0.3) is 0 Å². The number of β-amino-alcohol motifs (C(OH)–C–C–N with tert-alkyl or cyclic N) is 1. The quantitative estimate of drug-likeness (QED) is 0.728. The summed E-state index contributed by atoms with van der Waals surface area (Å²) in [6.45, 7) is 5.97. The SMILES string of the molecule is CC(C(=O)NCC(O)CN1CCOCC1)=C1CCCC1. The van der Waals surface area contributed by atoms with Crippen molar-refractivity contribution in [3.63, 3.8) is 0 Å². The molecule has 2 rings (SSSR count). The van der Waals surface area contributed by atoms with Crippen molar-refractivity contribution in [2.45, 2.75) is 38.7 Å². The number of morpholine rings is 1. The van der Waals surface area contributed by atoms with Gasteiger partial charge in [0.25, 0.3) is 0 Å². The first-order valence-corrected chi connectivity index (χ1v) is 7.62. The Morgan fingerprint density at radius 3 is 2.65 bits per heavy atom. The van der Waals surface area contributed by atoms with Crippen molar-refractivity contribution in [2.75, 3.05) is 39.4 Å². The molecule has 0 spiro atoms. The normalized spacial score (nSPS) is 21.8. The largest absolute Gasteiger partial charge is 0.390 e. The fourth-order valence-electron chi connectivity index (χ4n) is 2.83. The smallest absolute Gasteiger partial charge is 0.246 e. The summed E-state index contributed by atoms with van der Waals surface area (Å²) in [5.74, 6) is -0.0251. The van der Waals surface area contributed by atoms with E-state index in [9.17, 15) is 9.90 Å². The van der Waals surface area contributed by atoms with Crippen LogP contribution < -0.4 is 5.32 Å². The molecule has 0 bridgehead atoms. The summed E-state index contributed by atoms with van der Waals surface area (Å²) in [7, 11) is 0. The highest BCUT2D eigenvalue weighted by Gasteiger charge is 2.17. The van der Waals surface area contributed by atoms with Crippen LogP contribution in [0.4, 0.5) is 0 Å². The Bertz CT molecular complexity index is 354. The molecule has 0 aromatic heterocycles. The molecule has 5 heteroatoms. The third-order valence-electron chi connectivity index (χ3n) is 4.15. The van der Waals surface area contributed by atoms with Crippen molar-refractivity contribution in [3.8, 4) is 0 Å². The average Bonchev–Trinajstić information content (AvgIpc) is 2.99. The van der Waals surface area contributed by atoms with Crippen molar-refractivity contribution in [2.24, 2.45) is 0 Å². The van der Waals surface area contributed by atoms with Crippen LogP contribution in [-0.4, -0.2) is 61.4 Å². The first-order valence-electron chi connectivity index (χ1n) is 7.62. The number of nitrogens with zero attached hydrogens (tertiary/aromatic N) is 1. The molecule has 1 atom stereocenters. The highest BCUT2D eigenvalue weighted by molar-refractivity contribution is 5.93. The van der Waals surface area contributed by atoms with Crippen LogP contribution in [-0.2, 0) is 9.53 Å². The number of carbonyl (C=O) groups excluding carboxylic acids is 1. The molecule has 2 aliphatic rings. The second kappa shape index (κ2) is 7.76. The standard InChI is InChI=1S/C15H26N2O3/c1-12(13-4-2-3-5-13)15(19)16-10-14(18)11-17-6-8-20-9-7-17/h14,18H,2-11H2,1H3,(H,16,19). The van der Waals surface area contributed by atoms with Gasteiger partial charge in [0.05, 0.1) is 19.3 Å². The minimum Gasteiger partial charge on any atom is -0.390 e. The van der Waals surface area contributed by atoms with E-state index in [1.54, 1.807) is 0 Å². The minimum atomic E-state index is -0.515. The van der Waals surface area contributed by atoms with E-state index in [0.717, 1.165) is 44.7 Å². The molecule has 0 aromatic carbocycles. The summed E-state index contributed by atoms with van der Waals surface area (Å²) >= 11 is 0. The Morgan fingerprint density at radius 1 is 1.35 bits per heavy atom. The molecule has 2 fully saturated rings. The molecule has 0 aromatic rings. The Balaban J connectivity index is 1.70. The average molecular weight is 282 g/mol. The number of aliphatic hydroxyl groups is 1. The van der Waals surface area contributed by atoms with Gasteiger partial charge in [0, 0.05) is 31.8 Å². The number of allylic oxidation sites excluding steroid dienone is 1. The van der Waals surface area contributed by atoms with Crippen LogP contribution in [0.5, 0.6) is 0 Å². The lowest BCUT2D eigenvalue weighted by molar-refractivity contribution is -0.118. The number of hydrogen-bond donors (Lipinski definition) is 2. The number of aliphatic hydroxyl groups excluding tert-OH is 1. The summed E-state index contributed by atoms with van der Waals surface area (Å²) in [5.41, 5.74) is 2.13. The van der Waals surface area contributed by atoms with Gasteiger partial charge in [-0.15, -0.1) is 0 Å². The number of ether oxygens (including phenoxy) is 1. The Morgan fingerprint density at radius 2 is 2.00 bits per heavy atom. The lowest BCUT2D eigenvalue weighted by Crippen LogP contribution is -2.44. The van der Waals surface area contributed by atoms with E-state index in [0.29, 0.717) is 13.1 Å². The first kappa shape index (κ1) is 15.5. The lowest BCUT2D eigenvalue weighted by Gasteiger charge is -2.28. The monoisotopic (exact) mass is 282 g/mol. The molecule has 20 heavy (non-hydrogen) atoms. The van der Waals surface area contributed by atoms with Gasteiger partial charge in [0.2, 0.25) is 5.91 Å². The Kier molecular flexibility index (Phi) is 6.01. The van der Waals surface area contributed by atoms with Crippen LogP contribution in [0.1, 0.15) is 32.6 Å². The molecule has 1 saturated heterocycles. The van der Waals surface area contributed by atoms with Gasteiger partial charge >= 0.3 is 0 Å². The molecule has 114 valence electrons. The van der Waals surface area contributed by atoms with E-state index in [4.69, 9.17) is 4.74 Å². The van der Waals surface area contributed by atoms with Crippen LogP contribution >= 0.6 is 0 Å². The molecule has 5 nitrogen and oxygen atoms in total. The predicted octanol–water partition coefficient (Wildman–Crippen LogP) is 0.686. The second-order valence-electron chi connectivity index (χ2n) is 5.71. The predicted molar refractivity (Wildman–Crippen MR) is 77.4 cm³/mol. The number of hydrogen-bond acceptors (Lipinski definition) is 4. The number of carbonyl (C=O) groups is 1. The Labute approximate surface area is 121 Å². The van der Waals surface area contributed by atoms with Crippen molar-refractivity contribution < 1.29 is 14.6 Å². The van der Waals surface area contributed by atoms with Crippen molar-refractivity contribution >= 4 is 5.91 Å². The van der Waals surface area contributed by atoms with Gasteiger partial charge in [-0.2, -0.15) is 0 Å². The number of amides is 1. The number of rotatable bonds is 5. The van der Waals surface area contributed by atoms with E-state index in [-0.39, 0.29) is 5.91 Å². The third-order valence-corrected chi connectivity index (χ3v) is 4.15. The van der Waals surface area contributed by atoms with Crippen LogP contribution in [0.15, 0.2) is 11.1 Å². The molecular formula is C15H26N2O3. The molecule has 1 unspecified atom stereocenters. The molecule has 2 N–H and O–H groups in total. The maximum atomic E-state index is 12.0. The van der Waals surface area contributed by atoms with E-state index >= 15 is 0 Å². The van der Waals surface area contributed by atoms with Gasteiger partial charge in [0.1, 0.15) is 0 Å². The minimum absolute atomic E-state index is 0.0251. The zero-order valence-corrected chi connectivity index (χ0v) is 12.4. The summed E-state index contributed by atoms with van der Waals surface area (Å²) < 4.78 is 5.27. The molecule has 0 radical (unpaired) electrons. The van der Waals surface area contributed by atoms with E-state index in [2.05, 4.69) is 10.2 Å². The summed E-state index contributed by atoms with van der Waals surface area (Å²) in [5, 5.41) is 12.8. The molecule has 1 aliphatic heterocycles. The van der Waals surface area contributed by atoms with Gasteiger partial charge in [0.15, 0.2) is 0 Å². The van der Waals surface area contributed by atoms with Gasteiger partial charge in [-0.1, -0.05) is 5.57 Å². The van der Waals surface area contributed by atoms with Gasteiger partial charge in [-0.3, -0.25) is 9.69 Å². The Hall–Kier alpha value is -0.910. The van der Waals surface area contributed by atoms with Crippen LogP contribution in [0.3, 0.4) is 0 Å². The summed E-state index contributed by atoms with van der Waals surface area (Å²) in [4.78, 5) is 14.2. The van der Waals surface area contributed by atoms with E-state index in [1.165, 1.54) is 18.4 Å². The molecule has 1 amide bonds. The number of nitrogens with one attached hydrogen (secondary N) is 1. The van der Waals surface area contributed by atoms with Crippen molar-refractivity contribution in [1.82, 2.24) is 10.2 Å². The van der Waals surface area contributed by atoms with Gasteiger partial charge in [-0.25, -0.2) is 0 Å². The third kappa shape index (κ3) is 4.58. The highest BCUT2D eigenvalue weighted by atomic mass is 16.5. The fourth-order valence-corrected chi connectivity index (χ4v) is 2.83. The van der Waals surface area contributed by atoms with E-state index in [1.807, 2.05) is 6.92 Å². The molecule has 1 saturated carbocycles. The van der Waals surface area contributed by atoms with Crippen LogP contribution in [0.2, 0.25) is 0 Å². The lowest BCUT2D eigenvalue weighted by atomic mass is 10.1. The topological polar surface area (TPSA) is 61.8 Å². The van der Waals surface area contributed by atoms with Gasteiger partial charge in [-0.05, 0) is 32.6 Å². The molecule has 1 heterocycles. The van der Waals surface area contributed by atoms with E-state index < -0.39 is 6.10 Å². The van der Waals surface area contributed by atoms with Crippen molar-refractivity contribution in [1.29, 1.82) is 0 Å². The fraction of sp³-hybridized carbons (Fsp3) is 0.800. The zero-order valence-electron chi connectivity index (χ0n) is 12.4. The zero-order chi connectivity index (χ0) is 14.4. The molecular weight excluding hydrogens is 256 g/mol. The summed E-state index contributed by atoms with van der Waals surface area (Å²) in [6.07, 6.45) is 3.98. The maximum Gasteiger partial charge on any atom is 0.246 e. The molecule has 1 aliphatic carbocycles. The first-order chi connectivity index (χ1) is 9.66. The van der Waals surface area contributed by atoms with Gasteiger partial charge < -0.3 is 15.2 Å². The summed E-state index contributed by atoms with van der Waals surface area (Å²) in [6, 6.07) is 0. The van der Waals surface area contributed by atoms with Crippen molar-refractivity contribution in [3.05, 3.63) is 11.1 Å². The maximum absolute atomic E-state index is 12.0. The highest BCUT2D eigenvalue weighted by Crippen LogP contribution is 2.26.